The molecular formula is C18H26N4O2. The van der Waals surface area contributed by atoms with Gasteiger partial charge in [-0.2, -0.15) is 0 Å². The highest BCUT2D eigenvalue weighted by molar-refractivity contribution is 5.78. The van der Waals surface area contributed by atoms with Crippen molar-refractivity contribution in [1.29, 1.82) is 0 Å². The van der Waals surface area contributed by atoms with Crippen molar-refractivity contribution >= 4 is 5.91 Å². The lowest BCUT2D eigenvalue weighted by atomic mass is 9.97. The first-order valence-electron chi connectivity index (χ1n) is 8.78. The van der Waals surface area contributed by atoms with Gasteiger partial charge in [-0.25, -0.2) is 4.98 Å². The van der Waals surface area contributed by atoms with E-state index in [-0.39, 0.29) is 11.8 Å². The summed E-state index contributed by atoms with van der Waals surface area (Å²) >= 11 is 0. The van der Waals surface area contributed by atoms with Crippen molar-refractivity contribution in [1.82, 2.24) is 19.8 Å². The van der Waals surface area contributed by atoms with E-state index in [1.165, 1.54) is 0 Å². The van der Waals surface area contributed by atoms with Gasteiger partial charge in [-0.3, -0.25) is 9.69 Å². The number of rotatable bonds is 7. The largest absolute Gasteiger partial charge is 0.468 e. The van der Waals surface area contributed by atoms with Crippen LogP contribution >= 0.6 is 0 Å². The highest BCUT2D eigenvalue weighted by Gasteiger charge is 2.26. The summed E-state index contributed by atoms with van der Waals surface area (Å²) in [5.41, 5.74) is 0. The maximum absolute atomic E-state index is 12.5. The Morgan fingerprint density at radius 1 is 1.50 bits per heavy atom. The number of hydrogen-bond donors (Lipinski definition) is 1. The predicted octanol–water partition coefficient (Wildman–Crippen LogP) is 2.41. The van der Waals surface area contributed by atoms with Crippen LogP contribution in [0.5, 0.6) is 0 Å². The highest BCUT2D eigenvalue weighted by Crippen LogP contribution is 2.19. The van der Waals surface area contributed by atoms with E-state index in [9.17, 15) is 4.79 Å². The van der Waals surface area contributed by atoms with Crippen molar-refractivity contribution in [2.45, 2.75) is 45.8 Å². The number of amides is 1. The number of hydrogen-bond acceptors (Lipinski definition) is 4. The third kappa shape index (κ3) is 4.26. The molecule has 0 unspecified atom stereocenters. The molecule has 3 heterocycles. The molecule has 6 nitrogen and oxygen atoms in total. The SMILES string of the molecule is CCCn1ccnc1CNC(=O)[C@H]1CCCN(Cc2ccco2)C1. The smallest absolute Gasteiger partial charge is 0.224 e. The molecule has 0 saturated carbocycles. The number of nitrogens with one attached hydrogen (secondary N) is 1. The number of nitrogens with zero attached hydrogens (tertiary/aromatic N) is 3. The second-order valence-electron chi connectivity index (χ2n) is 6.41. The van der Waals surface area contributed by atoms with Gasteiger partial charge in [-0.15, -0.1) is 0 Å². The molecule has 2 aromatic heterocycles. The number of carbonyl (C=O) groups excluding carboxylic acids is 1. The van der Waals surface area contributed by atoms with Crippen LogP contribution in [0.2, 0.25) is 0 Å². The van der Waals surface area contributed by atoms with Crippen molar-refractivity contribution < 1.29 is 9.21 Å². The molecule has 1 aliphatic rings. The molecule has 1 N–H and O–H groups in total. The first-order chi connectivity index (χ1) is 11.8. The van der Waals surface area contributed by atoms with Crippen LogP contribution in [-0.4, -0.2) is 33.4 Å². The van der Waals surface area contributed by atoms with Crippen LogP contribution in [0.1, 0.15) is 37.8 Å². The van der Waals surface area contributed by atoms with Gasteiger partial charge in [0.2, 0.25) is 5.91 Å². The molecule has 1 saturated heterocycles. The lowest BCUT2D eigenvalue weighted by Gasteiger charge is -2.31. The van der Waals surface area contributed by atoms with Gasteiger partial charge < -0.3 is 14.3 Å². The van der Waals surface area contributed by atoms with Crippen LogP contribution < -0.4 is 5.32 Å². The summed E-state index contributed by atoms with van der Waals surface area (Å²) < 4.78 is 7.51. The fraction of sp³-hybridized carbons (Fsp3) is 0.556. The van der Waals surface area contributed by atoms with E-state index >= 15 is 0 Å². The molecule has 130 valence electrons. The molecule has 0 spiro atoms. The summed E-state index contributed by atoms with van der Waals surface area (Å²) in [4.78, 5) is 19.2. The summed E-state index contributed by atoms with van der Waals surface area (Å²) in [7, 11) is 0. The lowest BCUT2D eigenvalue weighted by molar-refractivity contribution is -0.127. The Morgan fingerprint density at radius 2 is 2.42 bits per heavy atom. The number of piperidine rings is 1. The topological polar surface area (TPSA) is 63.3 Å². The quantitative estimate of drug-likeness (QED) is 0.847. The number of likely N-dealkylation sites (tertiary alicyclic amines) is 1. The molecule has 1 aliphatic heterocycles. The number of furan rings is 1. The zero-order valence-electron chi connectivity index (χ0n) is 14.3. The van der Waals surface area contributed by atoms with Gasteiger partial charge in [0.25, 0.3) is 0 Å². The van der Waals surface area contributed by atoms with Crippen molar-refractivity contribution in [3.05, 3.63) is 42.4 Å². The first-order valence-corrected chi connectivity index (χ1v) is 8.78. The average molecular weight is 330 g/mol. The minimum atomic E-state index is 0.0447. The van der Waals surface area contributed by atoms with Crippen molar-refractivity contribution in [3.63, 3.8) is 0 Å². The van der Waals surface area contributed by atoms with Crippen molar-refractivity contribution in [2.75, 3.05) is 13.1 Å². The van der Waals surface area contributed by atoms with Crippen LogP contribution in [0, 0.1) is 5.92 Å². The molecule has 0 aliphatic carbocycles. The normalized spacial score (nSPS) is 18.6. The lowest BCUT2D eigenvalue weighted by Crippen LogP contribution is -2.42. The fourth-order valence-electron chi connectivity index (χ4n) is 3.30. The van der Waals surface area contributed by atoms with E-state index in [1.54, 1.807) is 12.5 Å². The van der Waals surface area contributed by atoms with E-state index in [2.05, 4.69) is 26.7 Å². The molecule has 0 aromatic carbocycles. The second kappa shape index (κ2) is 8.15. The number of aromatic nitrogens is 2. The van der Waals surface area contributed by atoms with Gasteiger partial charge in [0.15, 0.2) is 0 Å². The van der Waals surface area contributed by atoms with Gasteiger partial charge in [-0.05, 0) is 37.9 Å². The molecule has 6 heteroatoms. The molecule has 3 rings (SSSR count). The van der Waals surface area contributed by atoms with Gasteiger partial charge >= 0.3 is 0 Å². The van der Waals surface area contributed by atoms with E-state index < -0.39 is 0 Å². The Labute approximate surface area is 142 Å². The molecule has 0 radical (unpaired) electrons. The van der Waals surface area contributed by atoms with Crippen LogP contribution in [0.3, 0.4) is 0 Å². The highest BCUT2D eigenvalue weighted by atomic mass is 16.3. The van der Waals surface area contributed by atoms with Gasteiger partial charge in [0.1, 0.15) is 11.6 Å². The van der Waals surface area contributed by atoms with Gasteiger partial charge in [0, 0.05) is 25.5 Å². The summed E-state index contributed by atoms with van der Waals surface area (Å²) in [6, 6.07) is 3.89. The molecule has 0 bridgehead atoms. The van der Waals surface area contributed by atoms with E-state index in [0.717, 1.165) is 57.0 Å². The first kappa shape index (κ1) is 16.8. The van der Waals surface area contributed by atoms with Crippen LogP contribution in [0.4, 0.5) is 0 Å². The van der Waals surface area contributed by atoms with Crippen LogP contribution in [0.25, 0.3) is 0 Å². The van der Waals surface area contributed by atoms with Gasteiger partial charge in [-0.1, -0.05) is 6.92 Å². The van der Waals surface area contributed by atoms with E-state index in [0.29, 0.717) is 6.54 Å². The third-order valence-corrected chi connectivity index (χ3v) is 4.52. The third-order valence-electron chi connectivity index (χ3n) is 4.52. The van der Waals surface area contributed by atoms with E-state index in [4.69, 9.17) is 4.42 Å². The fourth-order valence-corrected chi connectivity index (χ4v) is 3.30. The summed E-state index contributed by atoms with van der Waals surface area (Å²) in [5.74, 6) is 2.06. The second-order valence-corrected chi connectivity index (χ2v) is 6.41. The van der Waals surface area contributed by atoms with Crippen LogP contribution in [-0.2, 0) is 24.4 Å². The molecule has 2 aromatic rings. The number of imidazole rings is 1. The predicted molar refractivity (Wildman–Crippen MR) is 91.1 cm³/mol. The molecular weight excluding hydrogens is 304 g/mol. The minimum absolute atomic E-state index is 0.0447. The maximum atomic E-state index is 12.5. The Hall–Kier alpha value is -2.08. The van der Waals surface area contributed by atoms with Crippen LogP contribution in [0.15, 0.2) is 35.2 Å². The standard InChI is InChI=1S/C18H26N4O2/c1-2-8-22-10-7-19-17(22)12-20-18(23)15-5-3-9-21(13-15)14-16-6-4-11-24-16/h4,6-7,10-11,15H,2-3,5,8-9,12-14H2,1H3,(H,20,23)/t15-/m0/s1. The average Bonchev–Trinajstić information content (AvgIpc) is 3.25. The monoisotopic (exact) mass is 330 g/mol. The molecule has 24 heavy (non-hydrogen) atoms. The van der Waals surface area contributed by atoms with Gasteiger partial charge in [0.05, 0.1) is 25.3 Å². The van der Waals surface area contributed by atoms with Crippen molar-refractivity contribution in [3.8, 4) is 0 Å². The Morgan fingerprint density at radius 3 is 3.21 bits per heavy atom. The maximum Gasteiger partial charge on any atom is 0.224 e. The number of aryl methyl sites for hydroxylation is 1. The summed E-state index contributed by atoms with van der Waals surface area (Å²) in [5, 5.41) is 3.06. The Balaban J connectivity index is 1.50. The zero-order valence-corrected chi connectivity index (χ0v) is 14.3. The van der Waals surface area contributed by atoms with E-state index in [1.807, 2.05) is 18.3 Å². The van der Waals surface area contributed by atoms with Crippen molar-refractivity contribution in [2.24, 2.45) is 5.92 Å². The minimum Gasteiger partial charge on any atom is -0.468 e. The number of carbonyl (C=O) groups is 1. The Kier molecular flexibility index (Phi) is 5.69. The zero-order chi connectivity index (χ0) is 16.8. The molecule has 1 fully saturated rings. The Bertz CT molecular complexity index is 635. The summed E-state index contributed by atoms with van der Waals surface area (Å²) in [6.45, 7) is 6.16. The molecule has 1 atom stereocenters. The molecule has 1 amide bonds. The summed E-state index contributed by atoms with van der Waals surface area (Å²) in [6.07, 6.45) is 8.51.